The predicted molar refractivity (Wildman–Crippen MR) is 95.9 cm³/mol. The Bertz CT molecular complexity index is 828. The molecule has 0 spiro atoms. The number of rotatable bonds is 5. The Morgan fingerprint density at radius 2 is 1.72 bits per heavy atom. The molecule has 1 aliphatic rings. The quantitative estimate of drug-likeness (QED) is 0.841. The number of nitrogens with one attached hydrogen (secondary N) is 1. The van der Waals surface area contributed by atoms with Gasteiger partial charge in [-0.05, 0) is 56.9 Å². The molecule has 0 aromatic heterocycles. The Hall–Kier alpha value is -2.08. The van der Waals surface area contributed by atoms with Gasteiger partial charge < -0.3 is 4.74 Å². The van der Waals surface area contributed by atoms with Crippen LogP contribution in [-0.2, 0) is 10.0 Å². The van der Waals surface area contributed by atoms with Gasteiger partial charge in [-0.2, -0.15) is 0 Å². The van der Waals surface area contributed by atoms with Crippen LogP contribution in [0.5, 0.6) is 5.75 Å². The van der Waals surface area contributed by atoms with E-state index in [9.17, 15) is 12.8 Å². The van der Waals surface area contributed by atoms with Crippen LogP contribution in [-0.4, -0.2) is 14.5 Å². The summed E-state index contributed by atoms with van der Waals surface area (Å²) in [5, 5.41) is 0. The van der Waals surface area contributed by atoms with Gasteiger partial charge in [0.15, 0.2) is 11.6 Å². The van der Waals surface area contributed by atoms with Crippen molar-refractivity contribution >= 4 is 15.7 Å². The maximum Gasteiger partial charge on any atom is 0.261 e. The maximum absolute atomic E-state index is 14.3. The Morgan fingerprint density at radius 1 is 1.04 bits per heavy atom. The molecule has 1 fully saturated rings. The lowest BCUT2D eigenvalue weighted by Crippen LogP contribution is -2.20. The van der Waals surface area contributed by atoms with Gasteiger partial charge in [-0.3, -0.25) is 4.72 Å². The molecule has 1 aliphatic carbocycles. The van der Waals surface area contributed by atoms with Gasteiger partial charge in [0, 0.05) is 6.07 Å². The standard InChI is InChI=1S/C19H22FNO3S/c1-14-7-10-17(11-8-14)25(22,23)21-15-9-12-19(18(20)13-15)24-16-5-3-2-4-6-16/h7-13,16,21H,2-6H2,1H3. The van der Waals surface area contributed by atoms with Gasteiger partial charge in [0.2, 0.25) is 0 Å². The third-order valence-corrected chi connectivity index (χ3v) is 5.76. The van der Waals surface area contributed by atoms with Crippen molar-refractivity contribution in [3.8, 4) is 5.75 Å². The van der Waals surface area contributed by atoms with Gasteiger partial charge in [0.25, 0.3) is 10.0 Å². The molecule has 0 radical (unpaired) electrons. The van der Waals surface area contributed by atoms with Crippen LogP contribution < -0.4 is 9.46 Å². The molecule has 2 aromatic rings. The monoisotopic (exact) mass is 363 g/mol. The van der Waals surface area contributed by atoms with Gasteiger partial charge in [-0.1, -0.05) is 24.1 Å². The molecule has 6 heteroatoms. The molecule has 4 nitrogen and oxygen atoms in total. The van der Waals surface area contributed by atoms with E-state index in [1.54, 1.807) is 12.1 Å². The highest BCUT2D eigenvalue weighted by molar-refractivity contribution is 7.92. The van der Waals surface area contributed by atoms with E-state index in [1.807, 2.05) is 6.92 Å². The first-order valence-corrected chi connectivity index (χ1v) is 9.98. The highest BCUT2D eigenvalue weighted by Crippen LogP contribution is 2.28. The van der Waals surface area contributed by atoms with Crippen molar-refractivity contribution in [2.75, 3.05) is 4.72 Å². The third kappa shape index (κ3) is 4.51. The number of hydrogen-bond acceptors (Lipinski definition) is 3. The summed E-state index contributed by atoms with van der Waals surface area (Å²) in [5.74, 6) is -0.389. The van der Waals surface area contributed by atoms with Crippen molar-refractivity contribution in [2.24, 2.45) is 0 Å². The summed E-state index contributed by atoms with van der Waals surface area (Å²) >= 11 is 0. The predicted octanol–water partition coefficient (Wildman–Crippen LogP) is 4.65. The zero-order valence-corrected chi connectivity index (χ0v) is 15.0. The summed E-state index contributed by atoms with van der Waals surface area (Å²) in [5.41, 5.74) is 1.14. The summed E-state index contributed by atoms with van der Waals surface area (Å²) in [6.07, 6.45) is 5.30. The van der Waals surface area contributed by atoms with E-state index in [2.05, 4.69) is 4.72 Å². The van der Waals surface area contributed by atoms with Gasteiger partial charge in [-0.25, -0.2) is 12.8 Å². The van der Waals surface area contributed by atoms with Crippen LogP contribution in [0.15, 0.2) is 47.4 Å². The van der Waals surface area contributed by atoms with Crippen LogP contribution in [0, 0.1) is 12.7 Å². The molecule has 0 bridgehead atoms. The van der Waals surface area contributed by atoms with Crippen molar-refractivity contribution in [3.05, 3.63) is 53.8 Å². The molecule has 1 N–H and O–H groups in total. The van der Waals surface area contributed by atoms with E-state index >= 15 is 0 Å². The van der Waals surface area contributed by atoms with Gasteiger partial charge in [-0.15, -0.1) is 0 Å². The van der Waals surface area contributed by atoms with Crippen molar-refractivity contribution in [1.82, 2.24) is 0 Å². The third-order valence-electron chi connectivity index (χ3n) is 4.36. The summed E-state index contributed by atoms with van der Waals surface area (Å²) < 4.78 is 47.1. The fourth-order valence-corrected chi connectivity index (χ4v) is 4.00. The summed E-state index contributed by atoms with van der Waals surface area (Å²) in [6, 6.07) is 10.6. The lowest BCUT2D eigenvalue weighted by atomic mass is 9.98. The van der Waals surface area contributed by atoms with Crippen LogP contribution >= 0.6 is 0 Å². The van der Waals surface area contributed by atoms with Crippen LogP contribution in [0.2, 0.25) is 0 Å². The van der Waals surface area contributed by atoms with Crippen molar-refractivity contribution < 1.29 is 17.5 Å². The Morgan fingerprint density at radius 3 is 2.36 bits per heavy atom. The van der Waals surface area contributed by atoms with E-state index in [4.69, 9.17) is 4.74 Å². The van der Waals surface area contributed by atoms with E-state index in [1.165, 1.54) is 30.7 Å². The lowest BCUT2D eigenvalue weighted by molar-refractivity contribution is 0.149. The van der Waals surface area contributed by atoms with E-state index < -0.39 is 15.8 Å². The smallest absolute Gasteiger partial charge is 0.261 e. The highest BCUT2D eigenvalue weighted by atomic mass is 32.2. The largest absolute Gasteiger partial charge is 0.487 e. The average Bonchev–Trinajstić information content (AvgIpc) is 2.58. The topological polar surface area (TPSA) is 55.4 Å². The number of aryl methyl sites for hydroxylation is 1. The molecule has 25 heavy (non-hydrogen) atoms. The maximum atomic E-state index is 14.3. The molecule has 0 heterocycles. The second-order valence-corrected chi connectivity index (χ2v) is 8.12. The minimum Gasteiger partial charge on any atom is -0.487 e. The molecular weight excluding hydrogens is 341 g/mol. The van der Waals surface area contributed by atoms with E-state index in [0.717, 1.165) is 37.3 Å². The molecule has 0 unspecified atom stereocenters. The summed E-state index contributed by atoms with van der Waals surface area (Å²) in [6.45, 7) is 1.88. The first kappa shape index (κ1) is 17.7. The van der Waals surface area contributed by atoms with Crippen LogP contribution in [0.1, 0.15) is 37.7 Å². The number of hydrogen-bond donors (Lipinski definition) is 1. The molecule has 134 valence electrons. The molecule has 0 saturated heterocycles. The molecule has 3 rings (SSSR count). The highest BCUT2D eigenvalue weighted by Gasteiger charge is 2.18. The first-order chi connectivity index (χ1) is 11.9. The normalized spacial score (nSPS) is 15.8. The minimum absolute atomic E-state index is 0.0401. The van der Waals surface area contributed by atoms with Crippen molar-refractivity contribution in [2.45, 2.75) is 50.0 Å². The summed E-state index contributed by atoms with van der Waals surface area (Å²) in [7, 11) is -3.74. The Balaban J connectivity index is 1.72. The van der Waals surface area contributed by atoms with E-state index in [0.29, 0.717) is 0 Å². The molecule has 2 aromatic carbocycles. The molecule has 0 amide bonds. The fraction of sp³-hybridized carbons (Fsp3) is 0.368. The molecule has 0 atom stereocenters. The Labute approximate surface area is 148 Å². The number of benzene rings is 2. The summed E-state index contributed by atoms with van der Waals surface area (Å²) in [4.78, 5) is 0.140. The minimum atomic E-state index is -3.74. The molecule has 1 saturated carbocycles. The zero-order valence-electron chi connectivity index (χ0n) is 14.2. The first-order valence-electron chi connectivity index (χ1n) is 8.50. The van der Waals surface area contributed by atoms with Crippen LogP contribution in [0.4, 0.5) is 10.1 Å². The second kappa shape index (κ2) is 7.44. The lowest BCUT2D eigenvalue weighted by Gasteiger charge is -2.23. The average molecular weight is 363 g/mol. The van der Waals surface area contributed by atoms with Gasteiger partial charge >= 0.3 is 0 Å². The van der Waals surface area contributed by atoms with Crippen LogP contribution in [0.3, 0.4) is 0 Å². The van der Waals surface area contributed by atoms with E-state index in [-0.39, 0.29) is 22.4 Å². The number of sulfonamides is 1. The zero-order chi connectivity index (χ0) is 17.9. The van der Waals surface area contributed by atoms with Crippen molar-refractivity contribution in [1.29, 1.82) is 0 Å². The van der Waals surface area contributed by atoms with Crippen molar-refractivity contribution in [3.63, 3.8) is 0 Å². The molecule has 0 aliphatic heterocycles. The number of ether oxygens (including phenoxy) is 1. The second-order valence-electron chi connectivity index (χ2n) is 6.44. The van der Waals surface area contributed by atoms with Gasteiger partial charge in [0.05, 0.1) is 16.7 Å². The van der Waals surface area contributed by atoms with Gasteiger partial charge in [0.1, 0.15) is 0 Å². The molecular formula is C19H22FNO3S. The SMILES string of the molecule is Cc1ccc(S(=O)(=O)Nc2ccc(OC3CCCCC3)c(F)c2)cc1. The fourth-order valence-electron chi connectivity index (χ4n) is 2.95. The van der Waals surface area contributed by atoms with Crippen LogP contribution in [0.25, 0.3) is 0 Å². The Kier molecular flexibility index (Phi) is 5.27. The number of anilines is 1. The number of halogens is 1.